The molecule has 2 aromatic rings. The van der Waals surface area contributed by atoms with Crippen molar-refractivity contribution >= 4 is 50.7 Å². The lowest BCUT2D eigenvalue weighted by Gasteiger charge is -2.09. The molecule has 0 atom stereocenters. The van der Waals surface area contributed by atoms with Crippen molar-refractivity contribution in [2.45, 2.75) is 6.92 Å². The van der Waals surface area contributed by atoms with Gasteiger partial charge in [-0.3, -0.25) is 20.2 Å². The Morgan fingerprint density at radius 3 is 2.74 bits per heavy atom. The number of amides is 1. The molecule has 1 aromatic heterocycles. The number of carbonyl (C=O) groups is 1. The zero-order valence-corrected chi connectivity index (χ0v) is 14.3. The summed E-state index contributed by atoms with van der Waals surface area (Å²) in [4.78, 5) is 26.5. The van der Waals surface area contributed by atoms with Crippen LogP contribution in [0.2, 0.25) is 0 Å². The fourth-order valence-electron chi connectivity index (χ4n) is 1.70. The Bertz CT molecular complexity index is 797. The van der Waals surface area contributed by atoms with Gasteiger partial charge in [0.15, 0.2) is 5.11 Å². The summed E-state index contributed by atoms with van der Waals surface area (Å²) in [6, 6.07) is 8.89. The molecule has 2 N–H and O–H groups in total. The van der Waals surface area contributed by atoms with Crippen molar-refractivity contribution < 1.29 is 9.72 Å². The summed E-state index contributed by atoms with van der Waals surface area (Å²) >= 11 is 8.38. The molecule has 1 amide bonds. The number of pyridine rings is 1. The van der Waals surface area contributed by atoms with Gasteiger partial charge in [0.2, 0.25) is 0 Å². The third-order valence-electron chi connectivity index (χ3n) is 2.81. The first-order valence-corrected chi connectivity index (χ1v) is 7.57. The van der Waals surface area contributed by atoms with E-state index in [2.05, 4.69) is 31.5 Å². The summed E-state index contributed by atoms with van der Waals surface area (Å²) in [5.41, 5.74) is 0.743. The number of anilines is 1. The molecule has 0 saturated carbocycles. The standard InChI is InChI=1S/C14H11BrN4O3S/c1-8-11(15)5-6-12(16-8)17-14(23)18-13(20)9-3-2-4-10(7-9)19(21)22/h2-7H,1H3,(H2,16,17,18,20,23). The molecule has 0 aliphatic carbocycles. The number of benzene rings is 1. The number of nitro benzene ring substituents is 1. The number of nitrogens with one attached hydrogen (secondary N) is 2. The molecule has 7 nitrogen and oxygen atoms in total. The van der Waals surface area contributed by atoms with Crippen LogP contribution in [0.5, 0.6) is 0 Å². The zero-order valence-electron chi connectivity index (χ0n) is 11.9. The molecule has 0 fully saturated rings. The predicted molar refractivity (Wildman–Crippen MR) is 93.5 cm³/mol. The molecule has 0 aliphatic rings. The maximum atomic E-state index is 12.1. The highest BCUT2D eigenvalue weighted by Crippen LogP contribution is 2.16. The van der Waals surface area contributed by atoms with Crippen molar-refractivity contribution in [2.75, 3.05) is 5.32 Å². The number of nitro groups is 1. The summed E-state index contributed by atoms with van der Waals surface area (Å²) in [5, 5.41) is 16.0. The monoisotopic (exact) mass is 394 g/mol. The van der Waals surface area contributed by atoms with Crippen LogP contribution in [-0.4, -0.2) is 20.9 Å². The van der Waals surface area contributed by atoms with E-state index in [9.17, 15) is 14.9 Å². The Labute approximate surface area is 145 Å². The Morgan fingerprint density at radius 1 is 1.35 bits per heavy atom. The lowest BCUT2D eigenvalue weighted by molar-refractivity contribution is -0.384. The molecular weight excluding hydrogens is 384 g/mol. The number of carbonyl (C=O) groups excluding carboxylic acids is 1. The number of aromatic nitrogens is 1. The second-order valence-corrected chi connectivity index (χ2v) is 5.74. The van der Waals surface area contributed by atoms with Gasteiger partial charge in [-0.05, 0) is 53.3 Å². The van der Waals surface area contributed by atoms with Crippen molar-refractivity contribution in [1.29, 1.82) is 0 Å². The molecule has 0 spiro atoms. The number of hydrogen-bond acceptors (Lipinski definition) is 5. The minimum absolute atomic E-state index is 0.0516. The average Bonchev–Trinajstić information content (AvgIpc) is 2.51. The predicted octanol–water partition coefficient (Wildman–Crippen LogP) is 3.19. The second kappa shape index (κ2) is 7.25. The van der Waals surface area contributed by atoms with Crippen LogP contribution in [0, 0.1) is 17.0 Å². The van der Waals surface area contributed by atoms with Gasteiger partial charge in [0.25, 0.3) is 11.6 Å². The van der Waals surface area contributed by atoms with E-state index in [0.717, 1.165) is 10.2 Å². The quantitative estimate of drug-likeness (QED) is 0.471. The van der Waals surface area contributed by atoms with Crippen molar-refractivity contribution in [1.82, 2.24) is 10.3 Å². The normalized spacial score (nSPS) is 10.0. The van der Waals surface area contributed by atoms with E-state index in [1.54, 1.807) is 12.1 Å². The van der Waals surface area contributed by atoms with Gasteiger partial charge >= 0.3 is 0 Å². The van der Waals surface area contributed by atoms with E-state index in [1.807, 2.05) is 6.92 Å². The van der Waals surface area contributed by atoms with E-state index in [1.165, 1.54) is 24.3 Å². The van der Waals surface area contributed by atoms with E-state index in [0.29, 0.717) is 5.82 Å². The maximum absolute atomic E-state index is 12.1. The minimum atomic E-state index is -0.568. The zero-order chi connectivity index (χ0) is 17.0. The summed E-state index contributed by atoms with van der Waals surface area (Å²) in [5.74, 6) is -0.0601. The lowest BCUT2D eigenvalue weighted by Crippen LogP contribution is -2.34. The van der Waals surface area contributed by atoms with E-state index in [4.69, 9.17) is 12.2 Å². The Hall–Kier alpha value is -2.39. The van der Waals surface area contributed by atoms with Crippen molar-refractivity contribution in [3.05, 3.63) is 62.2 Å². The first-order valence-electron chi connectivity index (χ1n) is 6.37. The van der Waals surface area contributed by atoms with E-state index < -0.39 is 10.8 Å². The Balaban J connectivity index is 2.04. The van der Waals surface area contributed by atoms with Gasteiger partial charge in [-0.25, -0.2) is 4.98 Å². The first kappa shape index (κ1) is 17.0. The minimum Gasteiger partial charge on any atom is -0.317 e. The van der Waals surface area contributed by atoms with Gasteiger partial charge in [-0.1, -0.05) is 6.07 Å². The molecule has 0 unspecified atom stereocenters. The van der Waals surface area contributed by atoms with E-state index in [-0.39, 0.29) is 16.4 Å². The van der Waals surface area contributed by atoms with Crippen LogP contribution >= 0.6 is 28.1 Å². The number of hydrogen-bond donors (Lipinski definition) is 2. The third kappa shape index (κ3) is 4.54. The van der Waals surface area contributed by atoms with Gasteiger partial charge in [-0.15, -0.1) is 0 Å². The van der Waals surface area contributed by atoms with Crippen LogP contribution in [0.1, 0.15) is 16.1 Å². The number of thiocarbonyl (C=S) groups is 1. The van der Waals surface area contributed by atoms with Gasteiger partial charge in [0.05, 0.1) is 10.6 Å². The van der Waals surface area contributed by atoms with E-state index >= 15 is 0 Å². The molecule has 0 aliphatic heterocycles. The van der Waals surface area contributed by atoms with Crippen molar-refractivity contribution in [2.24, 2.45) is 0 Å². The Kier molecular flexibility index (Phi) is 5.35. The Morgan fingerprint density at radius 2 is 2.09 bits per heavy atom. The number of aryl methyl sites for hydroxylation is 1. The third-order valence-corrected chi connectivity index (χ3v) is 3.85. The number of rotatable bonds is 3. The van der Waals surface area contributed by atoms with Gasteiger partial charge in [-0.2, -0.15) is 0 Å². The summed E-state index contributed by atoms with van der Waals surface area (Å²) in [6.07, 6.45) is 0. The first-order chi connectivity index (χ1) is 10.9. The van der Waals surface area contributed by atoms with Crippen LogP contribution < -0.4 is 10.6 Å². The molecular formula is C14H11BrN4O3S. The maximum Gasteiger partial charge on any atom is 0.270 e. The van der Waals surface area contributed by atoms with Gasteiger partial charge in [0, 0.05) is 22.2 Å². The highest BCUT2D eigenvalue weighted by molar-refractivity contribution is 9.10. The highest BCUT2D eigenvalue weighted by atomic mass is 79.9. The molecule has 0 radical (unpaired) electrons. The van der Waals surface area contributed by atoms with Crippen molar-refractivity contribution in [3.8, 4) is 0 Å². The fourth-order valence-corrected chi connectivity index (χ4v) is 2.12. The average molecular weight is 395 g/mol. The van der Waals surface area contributed by atoms with Gasteiger partial charge in [0.1, 0.15) is 5.82 Å². The molecule has 1 heterocycles. The molecule has 0 bridgehead atoms. The number of halogens is 1. The van der Waals surface area contributed by atoms with Crippen molar-refractivity contribution in [3.63, 3.8) is 0 Å². The second-order valence-electron chi connectivity index (χ2n) is 4.48. The molecule has 118 valence electrons. The summed E-state index contributed by atoms with van der Waals surface area (Å²) < 4.78 is 0.856. The molecule has 23 heavy (non-hydrogen) atoms. The SMILES string of the molecule is Cc1nc(NC(=S)NC(=O)c2cccc([N+](=O)[O-])c2)ccc1Br. The van der Waals surface area contributed by atoms with Crippen LogP contribution in [-0.2, 0) is 0 Å². The summed E-state index contributed by atoms with van der Waals surface area (Å²) in [7, 11) is 0. The van der Waals surface area contributed by atoms with Crippen LogP contribution in [0.25, 0.3) is 0 Å². The summed E-state index contributed by atoms with van der Waals surface area (Å²) in [6.45, 7) is 1.82. The fraction of sp³-hybridized carbons (Fsp3) is 0.0714. The largest absolute Gasteiger partial charge is 0.317 e. The molecule has 2 rings (SSSR count). The highest BCUT2D eigenvalue weighted by Gasteiger charge is 2.13. The molecule has 1 aromatic carbocycles. The van der Waals surface area contributed by atoms with Crippen LogP contribution in [0.3, 0.4) is 0 Å². The molecule has 9 heteroatoms. The lowest BCUT2D eigenvalue weighted by atomic mass is 10.2. The number of non-ortho nitro benzene ring substituents is 1. The smallest absolute Gasteiger partial charge is 0.270 e. The topological polar surface area (TPSA) is 97.2 Å². The van der Waals surface area contributed by atoms with Gasteiger partial charge < -0.3 is 5.32 Å². The number of nitrogens with zero attached hydrogens (tertiary/aromatic N) is 2. The molecule has 0 saturated heterocycles. The van der Waals surface area contributed by atoms with Crippen LogP contribution in [0.15, 0.2) is 40.9 Å². The van der Waals surface area contributed by atoms with Crippen LogP contribution in [0.4, 0.5) is 11.5 Å².